The van der Waals surface area contributed by atoms with Crippen LogP contribution in [0.2, 0.25) is 0 Å². The van der Waals surface area contributed by atoms with E-state index in [2.05, 4.69) is 5.32 Å². The maximum atomic E-state index is 12.0. The molecule has 0 aliphatic carbocycles. The number of piperidine rings is 1. The predicted octanol–water partition coefficient (Wildman–Crippen LogP) is 0.135. The summed E-state index contributed by atoms with van der Waals surface area (Å²) in [4.78, 5) is 25.0. The minimum atomic E-state index is -0.397. The van der Waals surface area contributed by atoms with Gasteiger partial charge >= 0.3 is 0 Å². The summed E-state index contributed by atoms with van der Waals surface area (Å²) in [5.41, 5.74) is -0.397. The van der Waals surface area contributed by atoms with Gasteiger partial charge in [-0.3, -0.25) is 14.5 Å². The molecular weight excluding hydrogens is 180 g/mol. The Balaban J connectivity index is 2.21. The Bertz CT molecular complexity index is 269. The van der Waals surface area contributed by atoms with Crippen molar-refractivity contribution in [3.63, 3.8) is 0 Å². The summed E-state index contributed by atoms with van der Waals surface area (Å²) >= 11 is 0. The first-order valence-corrected chi connectivity index (χ1v) is 5.25. The molecule has 1 spiro atoms. The Morgan fingerprint density at radius 1 is 1.50 bits per heavy atom. The average Bonchev–Trinajstić information content (AvgIpc) is 2.40. The quantitative estimate of drug-likeness (QED) is 0.607. The lowest BCUT2D eigenvalue weighted by Crippen LogP contribution is -2.45. The summed E-state index contributed by atoms with van der Waals surface area (Å²) in [6, 6.07) is 0. The van der Waals surface area contributed by atoms with Gasteiger partial charge in [0.2, 0.25) is 11.8 Å². The highest BCUT2D eigenvalue weighted by Gasteiger charge is 2.50. The zero-order valence-electron chi connectivity index (χ0n) is 8.51. The fourth-order valence-corrected chi connectivity index (χ4v) is 2.48. The molecule has 0 aromatic rings. The van der Waals surface area contributed by atoms with E-state index in [9.17, 15) is 9.59 Å². The molecule has 0 saturated carbocycles. The molecular formula is C10H16N2O2. The number of imide groups is 1. The maximum absolute atomic E-state index is 12.0. The van der Waals surface area contributed by atoms with Gasteiger partial charge in [0.25, 0.3) is 0 Å². The van der Waals surface area contributed by atoms with Crippen LogP contribution in [-0.4, -0.2) is 36.3 Å². The van der Waals surface area contributed by atoms with E-state index in [1.807, 2.05) is 6.92 Å². The van der Waals surface area contributed by atoms with Gasteiger partial charge in [-0.1, -0.05) is 0 Å². The Kier molecular flexibility index (Phi) is 2.31. The number of rotatable bonds is 1. The summed E-state index contributed by atoms with van der Waals surface area (Å²) in [7, 11) is 0. The third kappa shape index (κ3) is 1.25. The third-order valence-electron chi connectivity index (χ3n) is 3.28. The summed E-state index contributed by atoms with van der Waals surface area (Å²) in [5.74, 6) is 0.0402. The number of hydrogen-bond acceptors (Lipinski definition) is 3. The standard InChI is InChI=1S/C10H16N2O2/c1-2-12-8(13)6-10(9(12)14)4-3-5-11-7-10/h11H,2-7H2,1H3/t10-/m1/s1. The molecule has 1 atom stereocenters. The van der Waals surface area contributed by atoms with Gasteiger partial charge in [0, 0.05) is 19.5 Å². The van der Waals surface area contributed by atoms with Gasteiger partial charge in [0.05, 0.1) is 5.41 Å². The van der Waals surface area contributed by atoms with Crippen molar-refractivity contribution in [1.29, 1.82) is 0 Å². The van der Waals surface area contributed by atoms with Gasteiger partial charge in [-0.15, -0.1) is 0 Å². The smallest absolute Gasteiger partial charge is 0.237 e. The topological polar surface area (TPSA) is 49.4 Å². The van der Waals surface area contributed by atoms with Gasteiger partial charge in [-0.2, -0.15) is 0 Å². The molecule has 0 bridgehead atoms. The number of nitrogens with one attached hydrogen (secondary N) is 1. The highest BCUT2D eigenvalue weighted by atomic mass is 16.2. The molecule has 2 rings (SSSR count). The minimum absolute atomic E-state index is 0.00111. The second-order valence-corrected chi connectivity index (χ2v) is 4.18. The molecule has 2 amide bonds. The Morgan fingerprint density at radius 3 is 2.79 bits per heavy atom. The lowest BCUT2D eigenvalue weighted by molar-refractivity contribution is -0.141. The molecule has 2 aliphatic rings. The maximum Gasteiger partial charge on any atom is 0.237 e. The predicted molar refractivity (Wildman–Crippen MR) is 51.5 cm³/mol. The van der Waals surface area contributed by atoms with Crippen molar-refractivity contribution in [3.05, 3.63) is 0 Å². The molecule has 14 heavy (non-hydrogen) atoms. The fourth-order valence-electron chi connectivity index (χ4n) is 2.48. The van der Waals surface area contributed by atoms with E-state index in [0.717, 1.165) is 19.4 Å². The second-order valence-electron chi connectivity index (χ2n) is 4.18. The van der Waals surface area contributed by atoms with E-state index in [-0.39, 0.29) is 11.8 Å². The summed E-state index contributed by atoms with van der Waals surface area (Å²) in [6.45, 7) is 4.01. The molecule has 0 aromatic carbocycles. The van der Waals surface area contributed by atoms with Gasteiger partial charge in [0.15, 0.2) is 0 Å². The Hall–Kier alpha value is -0.900. The second kappa shape index (κ2) is 3.35. The van der Waals surface area contributed by atoms with E-state index in [1.165, 1.54) is 4.90 Å². The zero-order chi connectivity index (χ0) is 10.2. The van der Waals surface area contributed by atoms with Crippen LogP contribution >= 0.6 is 0 Å². The van der Waals surface area contributed by atoms with Crippen molar-refractivity contribution in [1.82, 2.24) is 10.2 Å². The van der Waals surface area contributed by atoms with Gasteiger partial charge in [-0.25, -0.2) is 0 Å². The Labute approximate surface area is 83.6 Å². The number of carbonyl (C=O) groups is 2. The van der Waals surface area contributed by atoms with E-state index in [4.69, 9.17) is 0 Å². The van der Waals surface area contributed by atoms with Crippen molar-refractivity contribution in [2.75, 3.05) is 19.6 Å². The van der Waals surface area contributed by atoms with Crippen molar-refractivity contribution >= 4 is 11.8 Å². The van der Waals surface area contributed by atoms with Crippen molar-refractivity contribution < 1.29 is 9.59 Å². The third-order valence-corrected chi connectivity index (χ3v) is 3.28. The van der Waals surface area contributed by atoms with Gasteiger partial charge in [0.1, 0.15) is 0 Å². The normalized spacial score (nSPS) is 33.1. The highest BCUT2D eigenvalue weighted by molar-refractivity contribution is 6.06. The molecule has 4 heteroatoms. The van der Waals surface area contributed by atoms with Crippen molar-refractivity contribution in [2.24, 2.45) is 5.41 Å². The van der Waals surface area contributed by atoms with Crippen molar-refractivity contribution in [2.45, 2.75) is 26.2 Å². The van der Waals surface area contributed by atoms with E-state index in [0.29, 0.717) is 19.5 Å². The molecule has 78 valence electrons. The van der Waals surface area contributed by atoms with Crippen LogP contribution in [0.4, 0.5) is 0 Å². The fraction of sp³-hybridized carbons (Fsp3) is 0.800. The molecule has 0 unspecified atom stereocenters. The number of amides is 2. The first-order chi connectivity index (χ1) is 6.69. The van der Waals surface area contributed by atoms with Crippen LogP contribution in [0, 0.1) is 5.41 Å². The summed E-state index contributed by atoms with van der Waals surface area (Å²) in [5, 5.41) is 3.21. The SMILES string of the molecule is CCN1C(=O)C[C@@]2(CCCNC2)C1=O. The molecule has 2 aliphatic heterocycles. The molecule has 2 saturated heterocycles. The highest BCUT2D eigenvalue weighted by Crippen LogP contribution is 2.38. The van der Waals surface area contributed by atoms with Crippen LogP contribution in [-0.2, 0) is 9.59 Å². The largest absolute Gasteiger partial charge is 0.316 e. The summed E-state index contributed by atoms with van der Waals surface area (Å²) < 4.78 is 0. The monoisotopic (exact) mass is 196 g/mol. The van der Waals surface area contributed by atoms with E-state index < -0.39 is 5.41 Å². The number of hydrogen-bond donors (Lipinski definition) is 1. The average molecular weight is 196 g/mol. The molecule has 0 aromatic heterocycles. The van der Waals surface area contributed by atoms with E-state index >= 15 is 0 Å². The molecule has 2 heterocycles. The van der Waals surface area contributed by atoms with Crippen LogP contribution < -0.4 is 5.32 Å². The molecule has 0 radical (unpaired) electrons. The lowest BCUT2D eigenvalue weighted by atomic mass is 9.79. The van der Waals surface area contributed by atoms with Crippen LogP contribution in [0.25, 0.3) is 0 Å². The lowest BCUT2D eigenvalue weighted by Gasteiger charge is -2.31. The molecule has 1 N–H and O–H groups in total. The van der Waals surface area contributed by atoms with Gasteiger partial charge < -0.3 is 5.32 Å². The molecule has 4 nitrogen and oxygen atoms in total. The number of carbonyl (C=O) groups excluding carboxylic acids is 2. The number of nitrogens with zero attached hydrogens (tertiary/aromatic N) is 1. The van der Waals surface area contributed by atoms with Gasteiger partial charge in [-0.05, 0) is 26.3 Å². The number of likely N-dealkylation sites (tertiary alicyclic amines) is 1. The molecule has 2 fully saturated rings. The van der Waals surface area contributed by atoms with Crippen LogP contribution in [0.1, 0.15) is 26.2 Å². The first kappa shape index (κ1) is 9.65. The van der Waals surface area contributed by atoms with Crippen LogP contribution in [0.15, 0.2) is 0 Å². The van der Waals surface area contributed by atoms with Crippen LogP contribution in [0.3, 0.4) is 0 Å². The minimum Gasteiger partial charge on any atom is -0.316 e. The van der Waals surface area contributed by atoms with Crippen molar-refractivity contribution in [3.8, 4) is 0 Å². The van der Waals surface area contributed by atoms with Crippen LogP contribution in [0.5, 0.6) is 0 Å². The zero-order valence-corrected chi connectivity index (χ0v) is 8.51. The van der Waals surface area contributed by atoms with E-state index in [1.54, 1.807) is 0 Å². The first-order valence-electron chi connectivity index (χ1n) is 5.25. The summed E-state index contributed by atoms with van der Waals surface area (Å²) in [6.07, 6.45) is 2.27. The Morgan fingerprint density at radius 2 is 2.29 bits per heavy atom.